The Morgan fingerprint density at radius 2 is 1.79 bits per heavy atom. The van der Waals surface area contributed by atoms with E-state index in [0.29, 0.717) is 17.2 Å². The van der Waals surface area contributed by atoms with E-state index in [1.54, 1.807) is 32.2 Å². The van der Waals surface area contributed by atoms with Crippen LogP contribution in [0.5, 0.6) is 11.5 Å². The monoisotopic (exact) mass is 469 g/mol. The number of rotatable bonds is 6. The number of methoxy groups -OCH3 is 2. The van der Waals surface area contributed by atoms with E-state index < -0.39 is 11.4 Å². The molecule has 1 aromatic carbocycles. The van der Waals surface area contributed by atoms with Gasteiger partial charge in [-0.2, -0.15) is 5.10 Å². The van der Waals surface area contributed by atoms with Crippen molar-refractivity contribution in [3.8, 4) is 11.5 Å². The number of anilines is 1. The number of ether oxygens (including phenoxy) is 2. The number of carbonyl (C=O) groups excluding carboxylic acids is 3. The molecule has 34 heavy (non-hydrogen) atoms. The molecule has 1 saturated carbocycles. The third kappa shape index (κ3) is 4.32. The van der Waals surface area contributed by atoms with Crippen LogP contribution in [0.2, 0.25) is 0 Å². The summed E-state index contributed by atoms with van der Waals surface area (Å²) in [6.07, 6.45) is 5.28. The Morgan fingerprint density at radius 1 is 1.09 bits per heavy atom. The first-order chi connectivity index (χ1) is 16.3. The highest BCUT2D eigenvalue weighted by atomic mass is 16.5. The van der Waals surface area contributed by atoms with Gasteiger partial charge in [0.15, 0.2) is 17.2 Å². The minimum Gasteiger partial charge on any atom is -0.493 e. The summed E-state index contributed by atoms with van der Waals surface area (Å²) in [5, 5.41) is 10.2. The maximum absolute atomic E-state index is 13.2. The molecule has 2 aromatic rings. The normalized spacial score (nSPS) is 20.5. The first kappa shape index (κ1) is 23.6. The molecular formula is C24H31N5O5. The van der Waals surface area contributed by atoms with Crippen molar-refractivity contribution < 1.29 is 23.9 Å². The summed E-state index contributed by atoms with van der Waals surface area (Å²) >= 11 is 0. The van der Waals surface area contributed by atoms with E-state index in [2.05, 4.69) is 15.7 Å². The van der Waals surface area contributed by atoms with E-state index in [0.717, 1.165) is 25.7 Å². The van der Waals surface area contributed by atoms with Gasteiger partial charge in [0, 0.05) is 30.9 Å². The predicted octanol–water partition coefficient (Wildman–Crippen LogP) is 2.45. The summed E-state index contributed by atoms with van der Waals surface area (Å²) in [6.45, 7) is 1.89. The van der Waals surface area contributed by atoms with Crippen LogP contribution in [0.25, 0.3) is 0 Å². The molecule has 0 spiro atoms. The number of hydrogen-bond acceptors (Lipinski definition) is 6. The Labute approximate surface area is 198 Å². The highest BCUT2D eigenvalue weighted by Gasteiger charge is 2.46. The SMILES string of the molecule is COc1ccc(NC(=O)c2cc3n(n2)CC(C)(C(=O)NC2CCCCC2)N(C)C3=O)cc1OC. The summed E-state index contributed by atoms with van der Waals surface area (Å²) in [6, 6.07) is 6.58. The number of hydrogen-bond donors (Lipinski definition) is 2. The predicted molar refractivity (Wildman–Crippen MR) is 125 cm³/mol. The Kier molecular flexibility index (Phi) is 6.49. The molecule has 10 nitrogen and oxygen atoms in total. The number of nitrogens with one attached hydrogen (secondary N) is 2. The van der Waals surface area contributed by atoms with Gasteiger partial charge >= 0.3 is 0 Å². The van der Waals surface area contributed by atoms with Gasteiger partial charge in [0.05, 0.1) is 20.8 Å². The first-order valence-corrected chi connectivity index (χ1v) is 11.5. The van der Waals surface area contributed by atoms with Gasteiger partial charge in [-0.1, -0.05) is 19.3 Å². The summed E-state index contributed by atoms with van der Waals surface area (Å²) in [7, 11) is 4.65. The maximum Gasteiger partial charge on any atom is 0.276 e. The molecular weight excluding hydrogens is 438 g/mol. The number of aromatic nitrogens is 2. The second-order valence-electron chi connectivity index (χ2n) is 9.04. The van der Waals surface area contributed by atoms with Gasteiger partial charge in [0.2, 0.25) is 5.91 Å². The number of benzene rings is 1. The zero-order valence-corrected chi connectivity index (χ0v) is 20.0. The number of carbonyl (C=O) groups is 3. The molecule has 1 atom stereocenters. The van der Waals surface area contributed by atoms with Crippen LogP contribution >= 0.6 is 0 Å². The van der Waals surface area contributed by atoms with Gasteiger partial charge in [0.25, 0.3) is 11.8 Å². The molecule has 1 aliphatic heterocycles. The van der Waals surface area contributed by atoms with Crippen LogP contribution in [0.3, 0.4) is 0 Å². The molecule has 2 aliphatic rings. The third-order valence-electron chi connectivity index (χ3n) is 6.81. The molecule has 0 radical (unpaired) electrons. The molecule has 1 aliphatic carbocycles. The van der Waals surface area contributed by atoms with E-state index in [9.17, 15) is 14.4 Å². The van der Waals surface area contributed by atoms with Crippen molar-refractivity contribution in [1.29, 1.82) is 0 Å². The van der Waals surface area contributed by atoms with Crippen molar-refractivity contribution in [3.05, 3.63) is 35.7 Å². The second-order valence-corrected chi connectivity index (χ2v) is 9.04. The summed E-state index contributed by atoms with van der Waals surface area (Å²) < 4.78 is 11.9. The number of amides is 3. The van der Waals surface area contributed by atoms with E-state index >= 15 is 0 Å². The zero-order chi connectivity index (χ0) is 24.5. The Balaban J connectivity index is 1.52. The molecule has 2 N–H and O–H groups in total. The van der Waals surface area contributed by atoms with E-state index in [1.807, 2.05) is 0 Å². The minimum atomic E-state index is -1.11. The lowest BCUT2D eigenvalue weighted by atomic mass is 9.92. The van der Waals surface area contributed by atoms with Crippen LogP contribution < -0.4 is 20.1 Å². The molecule has 4 rings (SSSR count). The molecule has 1 unspecified atom stereocenters. The highest BCUT2D eigenvalue weighted by Crippen LogP contribution is 2.31. The molecule has 1 aromatic heterocycles. The van der Waals surface area contributed by atoms with Crippen molar-refractivity contribution in [2.45, 2.75) is 57.2 Å². The van der Waals surface area contributed by atoms with Crippen molar-refractivity contribution >= 4 is 23.4 Å². The van der Waals surface area contributed by atoms with Crippen LogP contribution in [-0.4, -0.2) is 65.2 Å². The smallest absolute Gasteiger partial charge is 0.276 e. The molecule has 0 bridgehead atoms. The van der Waals surface area contributed by atoms with Crippen molar-refractivity contribution in [1.82, 2.24) is 20.0 Å². The lowest BCUT2D eigenvalue weighted by Gasteiger charge is -2.41. The quantitative estimate of drug-likeness (QED) is 0.672. The van der Waals surface area contributed by atoms with E-state index in [1.165, 1.54) is 36.3 Å². The fourth-order valence-corrected chi connectivity index (χ4v) is 4.54. The van der Waals surface area contributed by atoms with Gasteiger partial charge in [-0.05, 0) is 31.9 Å². The van der Waals surface area contributed by atoms with Gasteiger partial charge < -0.3 is 25.0 Å². The standard InChI is InChI=1S/C24H31N5O5/c1-24(23(32)26-15-8-6-5-7-9-15)14-29-18(22(31)28(24)2)13-17(27-29)21(30)25-16-10-11-19(33-3)20(12-16)34-4/h10-13,15H,5-9,14H2,1-4H3,(H,25,30)(H,26,32). The van der Waals surface area contributed by atoms with Gasteiger partial charge in [-0.3, -0.25) is 19.1 Å². The Hall–Kier alpha value is -3.56. The Bertz CT molecular complexity index is 1110. The van der Waals surface area contributed by atoms with Gasteiger partial charge in [-0.25, -0.2) is 0 Å². The van der Waals surface area contributed by atoms with Crippen molar-refractivity contribution in [2.75, 3.05) is 26.6 Å². The van der Waals surface area contributed by atoms with Crippen LogP contribution in [0.1, 0.15) is 60.0 Å². The average Bonchev–Trinajstić information content (AvgIpc) is 3.27. The fraction of sp³-hybridized carbons (Fsp3) is 0.500. The van der Waals surface area contributed by atoms with Gasteiger partial charge in [0.1, 0.15) is 11.2 Å². The van der Waals surface area contributed by atoms with Crippen LogP contribution in [0.4, 0.5) is 5.69 Å². The fourth-order valence-electron chi connectivity index (χ4n) is 4.54. The van der Waals surface area contributed by atoms with Crippen molar-refractivity contribution in [3.63, 3.8) is 0 Å². The van der Waals surface area contributed by atoms with E-state index in [-0.39, 0.29) is 35.8 Å². The topological polar surface area (TPSA) is 115 Å². The molecule has 0 saturated heterocycles. The maximum atomic E-state index is 13.2. The molecule has 10 heteroatoms. The molecule has 3 amide bonds. The lowest BCUT2D eigenvalue weighted by Crippen LogP contribution is -2.63. The van der Waals surface area contributed by atoms with Crippen LogP contribution in [-0.2, 0) is 11.3 Å². The second kappa shape index (κ2) is 9.36. The molecule has 1 fully saturated rings. The summed E-state index contributed by atoms with van der Waals surface area (Å²) in [5.74, 6) is -0.0192. The first-order valence-electron chi connectivity index (χ1n) is 11.5. The molecule has 182 valence electrons. The summed E-state index contributed by atoms with van der Waals surface area (Å²) in [4.78, 5) is 40.6. The zero-order valence-electron chi connectivity index (χ0n) is 20.0. The number of likely N-dealkylation sites (N-methyl/N-ethyl adjacent to an activating group) is 1. The summed E-state index contributed by atoms with van der Waals surface area (Å²) in [5.41, 5.74) is -0.259. The van der Waals surface area contributed by atoms with Crippen LogP contribution in [0, 0.1) is 0 Å². The largest absolute Gasteiger partial charge is 0.493 e. The van der Waals surface area contributed by atoms with Crippen molar-refractivity contribution in [2.24, 2.45) is 0 Å². The highest BCUT2D eigenvalue weighted by molar-refractivity contribution is 6.06. The average molecular weight is 470 g/mol. The lowest BCUT2D eigenvalue weighted by molar-refractivity contribution is -0.133. The number of nitrogens with zero attached hydrogens (tertiary/aromatic N) is 3. The van der Waals surface area contributed by atoms with Crippen LogP contribution in [0.15, 0.2) is 24.3 Å². The number of fused-ring (bicyclic) bond motifs is 1. The third-order valence-corrected chi connectivity index (χ3v) is 6.81. The van der Waals surface area contributed by atoms with Gasteiger partial charge in [-0.15, -0.1) is 0 Å². The Morgan fingerprint density at radius 3 is 2.47 bits per heavy atom. The van der Waals surface area contributed by atoms with E-state index in [4.69, 9.17) is 9.47 Å². The molecule has 2 heterocycles. The minimum absolute atomic E-state index is 0.0865.